The van der Waals surface area contributed by atoms with Gasteiger partial charge in [-0.15, -0.1) is 0 Å². The van der Waals surface area contributed by atoms with E-state index in [9.17, 15) is 9.59 Å². The molecule has 1 fully saturated rings. The second-order valence-corrected chi connectivity index (χ2v) is 6.57. The van der Waals surface area contributed by atoms with Crippen LogP contribution in [0, 0.1) is 0 Å². The van der Waals surface area contributed by atoms with Gasteiger partial charge in [0.05, 0.1) is 24.8 Å². The summed E-state index contributed by atoms with van der Waals surface area (Å²) in [6.45, 7) is 7.71. The van der Waals surface area contributed by atoms with Crippen molar-refractivity contribution < 1.29 is 9.53 Å². The fourth-order valence-corrected chi connectivity index (χ4v) is 3.24. The number of pyridine rings is 1. The number of primary amides is 1. The van der Waals surface area contributed by atoms with E-state index in [4.69, 9.17) is 10.5 Å². The van der Waals surface area contributed by atoms with Crippen LogP contribution >= 0.6 is 0 Å². The average Bonchev–Trinajstić information content (AvgIpc) is 2.66. The largest absolute Gasteiger partial charge is 0.378 e. The van der Waals surface area contributed by atoms with Gasteiger partial charge in [0, 0.05) is 37.4 Å². The van der Waals surface area contributed by atoms with Gasteiger partial charge in [-0.25, -0.2) is 0 Å². The highest BCUT2D eigenvalue weighted by atomic mass is 16.5. The Bertz CT molecular complexity index is 856. The van der Waals surface area contributed by atoms with Crippen molar-refractivity contribution in [1.82, 2.24) is 9.88 Å². The lowest BCUT2D eigenvalue weighted by atomic mass is 10.1. The molecule has 7 nitrogen and oxygen atoms in total. The number of aromatic nitrogens is 1. The summed E-state index contributed by atoms with van der Waals surface area (Å²) in [5, 5.41) is 4.01. The number of hydrogen-bond donors (Lipinski definition) is 2. The van der Waals surface area contributed by atoms with Crippen LogP contribution in [-0.2, 0) is 22.6 Å². The second kappa shape index (κ2) is 7.88. The zero-order valence-electron chi connectivity index (χ0n) is 15.3. The third-order valence-corrected chi connectivity index (χ3v) is 4.87. The number of benzene rings is 1. The first-order chi connectivity index (χ1) is 12.5. The fraction of sp³-hybridized carbons (Fsp3) is 0.474. The Morgan fingerprint density at radius 1 is 1.31 bits per heavy atom. The number of amides is 1. The van der Waals surface area contributed by atoms with Gasteiger partial charge >= 0.3 is 0 Å². The van der Waals surface area contributed by atoms with E-state index in [1.807, 2.05) is 19.1 Å². The highest BCUT2D eigenvalue weighted by Gasteiger charge is 2.15. The molecule has 1 aliphatic rings. The highest BCUT2D eigenvalue weighted by Crippen LogP contribution is 2.23. The maximum Gasteiger partial charge on any atom is 0.255 e. The van der Waals surface area contributed by atoms with E-state index in [1.54, 1.807) is 11.5 Å². The molecule has 0 spiro atoms. The van der Waals surface area contributed by atoms with E-state index in [1.165, 1.54) is 0 Å². The minimum Gasteiger partial charge on any atom is -0.378 e. The molecule has 1 atom stereocenters. The van der Waals surface area contributed by atoms with Gasteiger partial charge in [0.1, 0.15) is 0 Å². The fourth-order valence-electron chi connectivity index (χ4n) is 3.24. The van der Waals surface area contributed by atoms with Gasteiger partial charge < -0.3 is 25.3 Å². The van der Waals surface area contributed by atoms with Crippen molar-refractivity contribution in [3.05, 3.63) is 40.2 Å². The van der Waals surface area contributed by atoms with Gasteiger partial charge in [-0.05, 0) is 37.4 Å². The van der Waals surface area contributed by atoms with Crippen LogP contribution in [0.3, 0.4) is 0 Å². The van der Waals surface area contributed by atoms with Crippen molar-refractivity contribution >= 4 is 22.5 Å². The van der Waals surface area contributed by atoms with Gasteiger partial charge in [-0.1, -0.05) is 6.07 Å². The Labute approximate surface area is 152 Å². The van der Waals surface area contributed by atoms with E-state index in [0.717, 1.165) is 42.9 Å². The SMILES string of the molecule is CCn1c(=O)c(CNC(C)C(N)=O)cc2ccc(N3CCOCC3)cc21. The zero-order valence-corrected chi connectivity index (χ0v) is 15.3. The summed E-state index contributed by atoms with van der Waals surface area (Å²) in [6, 6.07) is 7.63. The maximum atomic E-state index is 12.9. The molecule has 1 amide bonds. The molecule has 0 aliphatic carbocycles. The van der Waals surface area contributed by atoms with Gasteiger partial charge in [-0.3, -0.25) is 9.59 Å². The second-order valence-electron chi connectivity index (χ2n) is 6.57. The molecule has 140 valence electrons. The Morgan fingerprint density at radius 3 is 2.69 bits per heavy atom. The van der Waals surface area contributed by atoms with Crippen molar-refractivity contribution in [3.8, 4) is 0 Å². The van der Waals surface area contributed by atoms with Crippen molar-refractivity contribution in [2.24, 2.45) is 5.73 Å². The monoisotopic (exact) mass is 358 g/mol. The lowest BCUT2D eigenvalue weighted by Gasteiger charge is -2.29. The predicted molar refractivity (Wildman–Crippen MR) is 102 cm³/mol. The summed E-state index contributed by atoms with van der Waals surface area (Å²) in [6.07, 6.45) is 0. The lowest BCUT2D eigenvalue weighted by molar-refractivity contribution is -0.119. The van der Waals surface area contributed by atoms with Gasteiger partial charge in [0.15, 0.2) is 0 Å². The number of rotatable bonds is 6. The van der Waals surface area contributed by atoms with Gasteiger partial charge in [0.2, 0.25) is 5.91 Å². The van der Waals surface area contributed by atoms with E-state index in [0.29, 0.717) is 18.7 Å². The highest BCUT2D eigenvalue weighted by molar-refractivity contribution is 5.83. The standard InChI is InChI=1S/C19H26N4O3/c1-3-23-17-11-16(22-6-8-26-9-7-22)5-4-14(17)10-15(19(23)25)12-21-13(2)18(20)24/h4-5,10-11,13,21H,3,6-9,12H2,1-2H3,(H2,20,24). The number of anilines is 1. The number of carbonyl (C=O) groups is 1. The third kappa shape index (κ3) is 3.73. The van der Waals surface area contributed by atoms with Crippen LogP contribution in [0.2, 0.25) is 0 Å². The van der Waals surface area contributed by atoms with Crippen molar-refractivity contribution in [1.29, 1.82) is 0 Å². The normalized spacial score (nSPS) is 16.0. The van der Waals surface area contributed by atoms with E-state index in [2.05, 4.69) is 22.3 Å². The minimum atomic E-state index is -0.483. The number of nitrogens with zero attached hydrogens (tertiary/aromatic N) is 2. The number of nitrogens with one attached hydrogen (secondary N) is 1. The molecular weight excluding hydrogens is 332 g/mol. The van der Waals surface area contributed by atoms with Crippen LogP contribution in [0.15, 0.2) is 29.1 Å². The molecule has 26 heavy (non-hydrogen) atoms. The summed E-state index contributed by atoms with van der Waals surface area (Å²) >= 11 is 0. The van der Waals surface area contributed by atoms with Crippen LogP contribution in [0.1, 0.15) is 19.4 Å². The van der Waals surface area contributed by atoms with Gasteiger partial charge in [-0.2, -0.15) is 0 Å². The first-order valence-electron chi connectivity index (χ1n) is 9.03. The van der Waals surface area contributed by atoms with Crippen molar-refractivity contribution in [3.63, 3.8) is 0 Å². The smallest absolute Gasteiger partial charge is 0.255 e. The topological polar surface area (TPSA) is 89.6 Å². The molecule has 1 aromatic heterocycles. The summed E-state index contributed by atoms with van der Waals surface area (Å²) in [5.74, 6) is -0.434. The van der Waals surface area contributed by atoms with E-state index in [-0.39, 0.29) is 5.56 Å². The number of morpholine rings is 1. The van der Waals surface area contributed by atoms with E-state index >= 15 is 0 Å². The Balaban J connectivity index is 1.96. The van der Waals surface area contributed by atoms with Crippen molar-refractivity contribution in [2.75, 3.05) is 31.2 Å². The molecule has 0 radical (unpaired) electrons. The number of fused-ring (bicyclic) bond motifs is 1. The van der Waals surface area contributed by atoms with Crippen LogP contribution in [0.5, 0.6) is 0 Å². The molecule has 0 bridgehead atoms. The van der Waals surface area contributed by atoms with Gasteiger partial charge in [0.25, 0.3) is 5.56 Å². The predicted octanol–water partition coefficient (Wildman–Crippen LogP) is 0.821. The number of carbonyl (C=O) groups excluding carboxylic acids is 1. The molecule has 0 saturated carbocycles. The summed E-state index contributed by atoms with van der Waals surface area (Å²) in [4.78, 5) is 26.3. The number of aryl methyl sites for hydroxylation is 1. The van der Waals surface area contributed by atoms with Crippen LogP contribution in [0.4, 0.5) is 5.69 Å². The Morgan fingerprint density at radius 2 is 2.04 bits per heavy atom. The molecule has 1 aliphatic heterocycles. The molecule has 2 aromatic rings. The quantitative estimate of drug-likeness (QED) is 0.798. The summed E-state index contributed by atoms with van der Waals surface area (Å²) in [5.41, 5.74) is 7.90. The maximum absolute atomic E-state index is 12.9. The molecule has 1 saturated heterocycles. The molecule has 3 N–H and O–H groups in total. The number of nitrogens with two attached hydrogens (primary N) is 1. The number of hydrogen-bond acceptors (Lipinski definition) is 5. The third-order valence-electron chi connectivity index (χ3n) is 4.87. The molecule has 2 heterocycles. The van der Waals surface area contributed by atoms with E-state index < -0.39 is 11.9 Å². The molecule has 3 rings (SSSR count). The Kier molecular flexibility index (Phi) is 5.58. The summed E-state index contributed by atoms with van der Waals surface area (Å²) < 4.78 is 7.20. The molecular formula is C19H26N4O3. The lowest BCUT2D eigenvalue weighted by Crippen LogP contribution is -2.39. The summed E-state index contributed by atoms with van der Waals surface area (Å²) in [7, 11) is 0. The van der Waals surface area contributed by atoms with Crippen LogP contribution in [-0.4, -0.2) is 42.8 Å². The molecule has 7 heteroatoms. The first-order valence-corrected chi connectivity index (χ1v) is 9.03. The molecule has 1 aromatic carbocycles. The van der Waals surface area contributed by atoms with Crippen LogP contribution in [0.25, 0.3) is 10.9 Å². The molecule has 1 unspecified atom stereocenters. The van der Waals surface area contributed by atoms with Crippen molar-refractivity contribution in [2.45, 2.75) is 33.0 Å². The minimum absolute atomic E-state index is 0.0386. The average molecular weight is 358 g/mol. The van der Waals surface area contributed by atoms with Crippen LogP contribution < -0.4 is 21.5 Å². The first kappa shape index (κ1) is 18.4. The Hall–Kier alpha value is -2.38. The zero-order chi connectivity index (χ0) is 18.7. The number of ether oxygens (including phenoxy) is 1.